The summed E-state index contributed by atoms with van der Waals surface area (Å²) in [7, 11) is 0. The van der Waals surface area contributed by atoms with Crippen LogP contribution in [0.15, 0.2) is 0 Å². The summed E-state index contributed by atoms with van der Waals surface area (Å²) in [6.45, 7) is 3.56. The van der Waals surface area contributed by atoms with Gasteiger partial charge >= 0.3 is 0 Å². The van der Waals surface area contributed by atoms with Crippen LogP contribution in [-0.2, 0) is 4.79 Å². The molecule has 0 heterocycles. The van der Waals surface area contributed by atoms with E-state index in [1.807, 2.05) is 5.43 Å². The van der Waals surface area contributed by atoms with Gasteiger partial charge in [0, 0.05) is 5.92 Å². The Morgan fingerprint density at radius 1 is 1.44 bits per heavy atom. The van der Waals surface area contributed by atoms with Gasteiger partial charge in [0.05, 0.1) is 0 Å². The zero-order chi connectivity index (χ0) is 5.86. The van der Waals surface area contributed by atoms with E-state index in [2.05, 4.69) is 0 Å². The number of nitrogens with one attached hydrogen (secondary N) is 1. The highest BCUT2D eigenvalue weighted by Crippen LogP contribution is 1.86. The number of carbonyl (C=O) groups excluding carboxylic acids is 1. The second-order valence-electron chi connectivity index (χ2n) is 1.66. The zero-order valence-electron chi connectivity index (χ0n) is 4.56. The van der Waals surface area contributed by atoms with Gasteiger partial charge in [-0.15, -0.1) is 0 Å². The average molecular weight is 134 g/mol. The van der Waals surface area contributed by atoms with E-state index in [-0.39, 0.29) is 26.7 Å². The minimum atomic E-state index is -0.125. The van der Waals surface area contributed by atoms with Gasteiger partial charge in [0.25, 0.3) is 0 Å². The minimum Gasteiger partial charge on any atom is -0.294 e. The van der Waals surface area contributed by atoms with Crippen LogP contribution in [0.4, 0.5) is 0 Å². The Labute approximate surface area is 57.6 Å². The Bertz CT molecular complexity index is 71.5. The van der Waals surface area contributed by atoms with Gasteiger partial charge in [-0.05, 0) is 0 Å². The first-order chi connectivity index (χ1) is 3.18. The van der Waals surface area contributed by atoms with Gasteiger partial charge in [-0.25, -0.2) is 5.84 Å². The molecular weight excluding hydrogens is 116 g/mol. The predicted molar refractivity (Wildman–Crippen MR) is 40.6 cm³/mol. The summed E-state index contributed by atoms with van der Waals surface area (Å²) in [5.74, 6) is 4.64. The fourth-order valence-corrected chi connectivity index (χ4v) is 0.167. The molecule has 0 aliphatic carbocycles. The highest BCUT2D eigenvalue weighted by atomic mass is 16.2. The standard InChI is InChI=1S/C4H10N2O.2CH4/c1-3(2)4(7)6-5;;/h3H,5H2,1-2H3,(H,6,7);2*1H4. The molecule has 0 atom stereocenters. The molecule has 0 unspecified atom stereocenters. The fourth-order valence-electron chi connectivity index (χ4n) is 0.167. The quantitative estimate of drug-likeness (QED) is 0.318. The predicted octanol–water partition coefficient (Wildman–Crippen LogP) is 0.905. The van der Waals surface area contributed by atoms with Crippen molar-refractivity contribution in [3.63, 3.8) is 0 Å². The number of rotatable bonds is 1. The van der Waals surface area contributed by atoms with E-state index in [9.17, 15) is 4.79 Å². The van der Waals surface area contributed by atoms with E-state index in [0.29, 0.717) is 0 Å². The maximum Gasteiger partial charge on any atom is 0.236 e. The van der Waals surface area contributed by atoms with Crippen LogP contribution in [0, 0.1) is 5.92 Å². The molecule has 0 aliphatic heterocycles. The molecule has 0 aliphatic rings. The van der Waals surface area contributed by atoms with Crippen molar-refractivity contribution in [1.29, 1.82) is 0 Å². The average Bonchev–Trinajstić information content (AvgIpc) is 1.65. The Morgan fingerprint density at radius 3 is 1.78 bits per heavy atom. The summed E-state index contributed by atoms with van der Waals surface area (Å²) in [4.78, 5) is 10.3. The van der Waals surface area contributed by atoms with E-state index in [1.165, 1.54) is 0 Å². The largest absolute Gasteiger partial charge is 0.294 e. The molecule has 1 amide bonds. The fraction of sp³-hybridized carbons (Fsp3) is 0.833. The monoisotopic (exact) mass is 134 g/mol. The molecule has 3 N–H and O–H groups in total. The van der Waals surface area contributed by atoms with Crippen LogP contribution >= 0.6 is 0 Å². The Kier molecular flexibility index (Phi) is 13.0. The number of hydrogen-bond acceptors (Lipinski definition) is 2. The van der Waals surface area contributed by atoms with Crippen molar-refractivity contribution in [2.45, 2.75) is 28.7 Å². The van der Waals surface area contributed by atoms with Crippen molar-refractivity contribution in [2.75, 3.05) is 0 Å². The first kappa shape index (κ1) is 15.8. The third kappa shape index (κ3) is 7.43. The number of hydrazine groups is 1. The molecule has 0 rings (SSSR count). The lowest BCUT2D eigenvalue weighted by atomic mass is 10.2. The molecule has 0 aromatic rings. The van der Waals surface area contributed by atoms with Crippen molar-refractivity contribution in [1.82, 2.24) is 5.43 Å². The molecule has 0 saturated heterocycles. The molecule has 58 valence electrons. The van der Waals surface area contributed by atoms with Gasteiger partial charge in [-0.2, -0.15) is 0 Å². The SMILES string of the molecule is C.C.CC(C)C(=O)NN. The normalized spacial score (nSPS) is 7.11. The van der Waals surface area contributed by atoms with Crippen molar-refractivity contribution < 1.29 is 4.79 Å². The van der Waals surface area contributed by atoms with Gasteiger partial charge in [0.1, 0.15) is 0 Å². The lowest BCUT2D eigenvalue weighted by Gasteiger charge is -1.98. The summed E-state index contributed by atoms with van der Waals surface area (Å²) >= 11 is 0. The second-order valence-corrected chi connectivity index (χ2v) is 1.66. The molecule has 0 aromatic heterocycles. The van der Waals surface area contributed by atoms with Crippen LogP contribution in [-0.4, -0.2) is 5.91 Å². The van der Waals surface area contributed by atoms with Gasteiger partial charge in [0.15, 0.2) is 0 Å². The Morgan fingerprint density at radius 2 is 1.78 bits per heavy atom. The summed E-state index contributed by atoms with van der Waals surface area (Å²) in [6, 6.07) is 0. The van der Waals surface area contributed by atoms with Gasteiger partial charge < -0.3 is 0 Å². The van der Waals surface area contributed by atoms with Gasteiger partial charge in [0.2, 0.25) is 5.91 Å². The van der Waals surface area contributed by atoms with E-state index < -0.39 is 0 Å². The molecule has 9 heavy (non-hydrogen) atoms. The zero-order valence-corrected chi connectivity index (χ0v) is 4.56. The summed E-state index contributed by atoms with van der Waals surface area (Å²) in [6.07, 6.45) is 0. The Hall–Kier alpha value is -0.570. The van der Waals surface area contributed by atoms with Gasteiger partial charge in [-0.1, -0.05) is 28.7 Å². The number of nitrogens with two attached hydrogens (primary N) is 1. The topological polar surface area (TPSA) is 55.1 Å². The molecule has 0 spiro atoms. The van der Waals surface area contributed by atoms with Crippen LogP contribution in [0.1, 0.15) is 28.7 Å². The number of hydrogen-bond donors (Lipinski definition) is 2. The van der Waals surface area contributed by atoms with Gasteiger partial charge in [-0.3, -0.25) is 10.2 Å². The first-order valence-electron chi connectivity index (χ1n) is 2.19. The molecule has 0 radical (unpaired) electrons. The highest BCUT2D eigenvalue weighted by molar-refractivity contribution is 5.77. The van der Waals surface area contributed by atoms with E-state index in [1.54, 1.807) is 13.8 Å². The number of carbonyl (C=O) groups is 1. The van der Waals surface area contributed by atoms with Crippen LogP contribution < -0.4 is 11.3 Å². The third-order valence-corrected chi connectivity index (χ3v) is 0.667. The van der Waals surface area contributed by atoms with Crippen LogP contribution in [0.5, 0.6) is 0 Å². The lowest BCUT2D eigenvalue weighted by molar-refractivity contribution is -0.124. The summed E-state index contributed by atoms with van der Waals surface area (Å²) < 4.78 is 0. The van der Waals surface area contributed by atoms with E-state index >= 15 is 0 Å². The molecule has 3 nitrogen and oxygen atoms in total. The maximum atomic E-state index is 10.3. The van der Waals surface area contributed by atoms with E-state index in [0.717, 1.165) is 0 Å². The van der Waals surface area contributed by atoms with Crippen molar-refractivity contribution in [3.8, 4) is 0 Å². The Balaban J connectivity index is -0.000000180. The molecule has 0 bridgehead atoms. The minimum absolute atomic E-state index is 0. The molecule has 0 fully saturated rings. The number of amides is 1. The molecule has 0 saturated carbocycles. The smallest absolute Gasteiger partial charge is 0.236 e. The molecule has 0 aromatic carbocycles. The summed E-state index contributed by atoms with van der Waals surface area (Å²) in [5.41, 5.74) is 2.03. The second kappa shape index (κ2) is 7.43. The lowest BCUT2D eigenvalue weighted by Crippen LogP contribution is -2.33. The van der Waals surface area contributed by atoms with Crippen molar-refractivity contribution in [2.24, 2.45) is 11.8 Å². The van der Waals surface area contributed by atoms with Crippen molar-refractivity contribution in [3.05, 3.63) is 0 Å². The molecule has 3 heteroatoms. The van der Waals surface area contributed by atoms with Crippen LogP contribution in [0.2, 0.25) is 0 Å². The van der Waals surface area contributed by atoms with Crippen molar-refractivity contribution >= 4 is 5.91 Å². The van der Waals surface area contributed by atoms with Crippen LogP contribution in [0.3, 0.4) is 0 Å². The van der Waals surface area contributed by atoms with Crippen LogP contribution in [0.25, 0.3) is 0 Å². The summed E-state index contributed by atoms with van der Waals surface area (Å²) in [5, 5.41) is 0. The highest BCUT2D eigenvalue weighted by Gasteiger charge is 2.00. The first-order valence-corrected chi connectivity index (χ1v) is 2.19. The maximum absolute atomic E-state index is 10.3. The molecular formula is C6H18N2O. The third-order valence-electron chi connectivity index (χ3n) is 0.667. The van der Waals surface area contributed by atoms with E-state index in [4.69, 9.17) is 5.84 Å².